The molecule has 0 N–H and O–H groups in total. The van der Waals surface area contributed by atoms with Gasteiger partial charge in [0.2, 0.25) is 0 Å². The molecule has 84 valence electrons. The molecule has 0 saturated heterocycles. The Morgan fingerprint density at radius 2 is 1.93 bits per heavy atom. The van der Waals surface area contributed by atoms with Crippen LogP contribution in [0, 0.1) is 23.2 Å². The first kappa shape index (κ1) is 11.0. The van der Waals surface area contributed by atoms with Crippen molar-refractivity contribution in [2.45, 2.75) is 57.5 Å². The molecular formula is C13H22N2. The predicted octanol–water partition coefficient (Wildman–Crippen LogP) is 2.80. The molecule has 0 radical (unpaired) electrons. The van der Waals surface area contributed by atoms with Gasteiger partial charge in [0.25, 0.3) is 0 Å². The standard InChI is InChI=1S/C13H22N2/c1-10-6-7-11(9-14)13(8-10)15(2)12-4-3-5-12/h10-13H,3-8H2,1-2H3. The zero-order valence-corrected chi connectivity index (χ0v) is 9.95. The summed E-state index contributed by atoms with van der Waals surface area (Å²) in [5.41, 5.74) is 0. The van der Waals surface area contributed by atoms with Crippen LogP contribution in [0.2, 0.25) is 0 Å². The van der Waals surface area contributed by atoms with Gasteiger partial charge in [-0.05, 0) is 45.1 Å². The van der Waals surface area contributed by atoms with Gasteiger partial charge in [0, 0.05) is 12.1 Å². The maximum absolute atomic E-state index is 9.19. The Balaban J connectivity index is 1.99. The van der Waals surface area contributed by atoms with E-state index in [4.69, 9.17) is 0 Å². The van der Waals surface area contributed by atoms with Crippen molar-refractivity contribution in [3.05, 3.63) is 0 Å². The Kier molecular flexibility index (Phi) is 3.31. The molecule has 15 heavy (non-hydrogen) atoms. The van der Waals surface area contributed by atoms with E-state index in [9.17, 15) is 5.26 Å². The van der Waals surface area contributed by atoms with Crippen molar-refractivity contribution in [3.63, 3.8) is 0 Å². The van der Waals surface area contributed by atoms with Gasteiger partial charge in [-0.25, -0.2) is 0 Å². The highest BCUT2D eigenvalue weighted by atomic mass is 15.2. The Morgan fingerprint density at radius 3 is 2.47 bits per heavy atom. The molecule has 2 heteroatoms. The molecule has 0 aromatic carbocycles. The maximum atomic E-state index is 9.19. The Hall–Kier alpha value is -0.550. The largest absolute Gasteiger partial charge is 0.299 e. The zero-order chi connectivity index (χ0) is 10.8. The van der Waals surface area contributed by atoms with Gasteiger partial charge < -0.3 is 0 Å². The Morgan fingerprint density at radius 1 is 1.20 bits per heavy atom. The molecule has 2 rings (SSSR count). The van der Waals surface area contributed by atoms with Gasteiger partial charge in [-0.1, -0.05) is 13.3 Å². The number of nitrogens with zero attached hydrogens (tertiary/aromatic N) is 2. The molecule has 2 aliphatic rings. The van der Waals surface area contributed by atoms with Gasteiger partial charge in [-0.15, -0.1) is 0 Å². The summed E-state index contributed by atoms with van der Waals surface area (Å²) in [5, 5.41) is 9.19. The quantitative estimate of drug-likeness (QED) is 0.694. The SMILES string of the molecule is CC1CCC(C#N)C(N(C)C2CCC2)C1. The van der Waals surface area contributed by atoms with Crippen LogP contribution in [-0.4, -0.2) is 24.0 Å². The third kappa shape index (κ3) is 2.18. The summed E-state index contributed by atoms with van der Waals surface area (Å²) in [6.45, 7) is 2.33. The van der Waals surface area contributed by atoms with E-state index in [1.807, 2.05) is 0 Å². The molecule has 0 heterocycles. The van der Waals surface area contributed by atoms with Crippen LogP contribution >= 0.6 is 0 Å². The minimum Gasteiger partial charge on any atom is -0.299 e. The summed E-state index contributed by atoms with van der Waals surface area (Å²) >= 11 is 0. The molecule has 2 saturated carbocycles. The minimum absolute atomic E-state index is 0.284. The highest BCUT2D eigenvalue weighted by Gasteiger charge is 2.35. The van der Waals surface area contributed by atoms with Crippen molar-refractivity contribution in [2.24, 2.45) is 11.8 Å². The summed E-state index contributed by atoms with van der Waals surface area (Å²) in [7, 11) is 2.23. The van der Waals surface area contributed by atoms with E-state index in [0.717, 1.165) is 18.4 Å². The van der Waals surface area contributed by atoms with Crippen LogP contribution in [0.3, 0.4) is 0 Å². The van der Waals surface area contributed by atoms with Crippen molar-refractivity contribution in [1.82, 2.24) is 4.90 Å². The van der Waals surface area contributed by atoms with E-state index in [2.05, 4.69) is 24.9 Å². The van der Waals surface area contributed by atoms with E-state index in [1.165, 1.54) is 32.1 Å². The topological polar surface area (TPSA) is 27.0 Å². The van der Waals surface area contributed by atoms with Crippen LogP contribution in [0.25, 0.3) is 0 Å². The average Bonchev–Trinajstić information content (AvgIpc) is 2.15. The second-order valence-electron chi connectivity index (χ2n) is 5.47. The molecule has 2 aliphatic carbocycles. The molecule has 0 aliphatic heterocycles. The smallest absolute Gasteiger partial charge is 0.0672 e. The summed E-state index contributed by atoms with van der Waals surface area (Å²) in [4.78, 5) is 2.51. The molecule has 0 amide bonds. The van der Waals surface area contributed by atoms with Crippen molar-refractivity contribution < 1.29 is 0 Å². The number of nitriles is 1. The third-order valence-electron chi connectivity index (χ3n) is 4.42. The Labute approximate surface area is 93.3 Å². The first-order valence-corrected chi connectivity index (χ1v) is 6.34. The Bertz CT molecular complexity index is 252. The molecule has 2 nitrogen and oxygen atoms in total. The number of hydrogen-bond acceptors (Lipinski definition) is 2. The number of rotatable bonds is 2. The second kappa shape index (κ2) is 4.53. The van der Waals surface area contributed by atoms with Crippen molar-refractivity contribution in [1.29, 1.82) is 5.26 Å². The highest BCUT2D eigenvalue weighted by Crippen LogP contribution is 2.35. The molecular weight excluding hydrogens is 184 g/mol. The lowest BCUT2D eigenvalue weighted by atomic mass is 9.77. The fraction of sp³-hybridized carbons (Fsp3) is 0.923. The lowest BCUT2D eigenvalue weighted by Crippen LogP contribution is -2.49. The zero-order valence-electron chi connectivity index (χ0n) is 9.95. The van der Waals surface area contributed by atoms with Gasteiger partial charge in [0.05, 0.1) is 12.0 Å². The van der Waals surface area contributed by atoms with Gasteiger partial charge in [0.15, 0.2) is 0 Å². The highest BCUT2D eigenvalue weighted by molar-refractivity contribution is 4.98. The second-order valence-corrected chi connectivity index (χ2v) is 5.47. The van der Waals surface area contributed by atoms with E-state index >= 15 is 0 Å². The monoisotopic (exact) mass is 206 g/mol. The van der Waals surface area contributed by atoms with Gasteiger partial charge in [-0.3, -0.25) is 4.90 Å². The van der Waals surface area contributed by atoms with Crippen LogP contribution in [-0.2, 0) is 0 Å². The van der Waals surface area contributed by atoms with Crippen LogP contribution in [0.1, 0.15) is 45.4 Å². The van der Waals surface area contributed by atoms with Crippen LogP contribution < -0.4 is 0 Å². The van der Waals surface area contributed by atoms with E-state index in [1.54, 1.807) is 0 Å². The van der Waals surface area contributed by atoms with Gasteiger partial charge in [0.1, 0.15) is 0 Å². The van der Waals surface area contributed by atoms with Crippen LogP contribution in [0.4, 0.5) is 0 Å². The van der Waals surface area contributed by atoms with E-state index in [-0.39, 0.29) is 5.92 Å². The van der Waals surface area contributed by atoms with Crippen molar-refractivity contribution >= 4 is 0 Å². The summed E-state index contributed by atoms with van der Waals surface area (Å²) in [6, 6.07) is 3.82. The summed E-state index contributed by atoms with van der Waals surface area (Å²) in [6.07, 6.45) is 7.66. The first-order chi connectivity index (χ1) is 7.22. The molecule has 3 atom stereocenters. The van der Waals surface area contributed by atoms with Crippen molar-refractivity contribution in [2.75, 3.05) is 7.05 Å². The number of hydrogen-bond donors (Lipinski definition) is 0. The molecule has 0 bridgehead atoms. The molecule has 0 aromatic heterocycles. The van der Waals surface area contributed by atoms with Gasteiger partial charge in [-0.2, -0.15) is 5.26 Å². The fourth-order valence-electron chi connectivity index (χ4n) is 3.02. The maximum Gasteiger partial charge on any atom is 0.0672 e. The van der Waals surface area contributed by atoms with E-state index < -0.39 is 0 Å². The third-order valence-corrected chi connectivity index (χ3v) is 4.42. The van der Waals surface area contributed by atoms with Crippen molar-refractivity contribution in [3.8, 4) is 6.07 Å². The van der Waals surface area contributed by atoms with E-state index in [0.29, 0.717) is 6.04 Å². The lowest BCUT2D eigenvalue weighted by molar-refractivity contribution is 0.0554. The first-order valence-electron chi connectivity index (χ1n) is 6.34. The summed E-state index contributed by atoms with van der Waals surface area (Å²) in [5.74, 6) is 1.09. The summed E-state index contributed by atoms with van der Waals surface area (Å²) < 4.78 is 0. The minimum atomic E-state index is 0.284. The van der Waals surface area contributed by atoms with Gasteiger partial charge >= 0.3 is 0 Å². The fourth-order valence-corrected chi connectivity index (χ4v) is 3.02. The average molecular weight is 206 g/mol. The predicted molar refractivity (Wildman–Crippen MR) is 61.3 cm³/mol. The normalized spacial score (nSPS) is 37.3. The molecule has 2 fully saturated rings. The molecule has 0 spiro atoms. The van der Waals surface area contributed by atoms with Crippen LogP contribution in [0.5, 0.6) is 0 Å². The van der Waals surface area contributed by atoms with Crippen LogP contribution in [0.15, 0.2) is 0 Å². The molecule has 0 aromatic rings. The lowest BCUT2D eigenvalue weighted by Gasteiger charge is -2.44. The molecule has 3 unspecified atom stereocenters.